The van der Waals surface area contributed by atoms with Gasteiger partial charge in [-0.05, 0) is 30.3 Å². The van der Waals surface area contributed by atoms with Crippen molar-refractivity contribution in [2.24, 2.45) is 0 Å². The van der Waals surface area contributed by atoms with Crippen molar-refractivity contribution in [2.45, 2.75) is 0 Å². The van der Waals surface area contributed by atoms with Gasteiger partial charge in [0.15, 0.2) is 0 Å². The third-order valence-electron chi connectivity index (χ3n) is 2.98. The lowest BCUT2D eigenvalue weighted by Crippen LogP contribution is -2.12. The summed E-state index contributed by atoms with van der Waals surface area (Å²) >= 11 is 0. The van der Waals surface area contributed by atoms with Crippen molar-refractivity contribution in [1.29, 1.82) is 0 Å². The number of nitrogens with one attached hydrogen (secondary N) is 2. The first-order valence-corrected chi connectivity index (χ1v) is 6.06. The first-order chi connectivity index (χ1) is 9.76. The summed E-state index contributed by atoms with van der Waals surface area (Å²) in [7, 11) is 0. The third kappa shape index (κ3) is 2.29. The Kier molecular flexibility index (Phi) is 3.01. The summed E-state index contributed by atoms with van der Waals surface area (Å²) in [6.07, 6.45) is 2.41. The summed E-state index contributed by atoms with van der Waals surface area (Å²) < 4.78 is 0. The molecule has 20 heavy (non-hydrogen) atoms. The summed E-state index contributed by atoms with van der Waals surface area (Å²) in [6.45, 7) is 0. The van der Waals surface area contributed by atoms with Crippen LogP contribution in [0, 0.1) is 0 Å². The molecule has 5 heteroatoms. The summed E-state index contributed by atoms with van der Waals surface area (Å²) in [5.41, 5.74) is 2.51. The normalized spacial score (nSPS) is 10.4. The minimum atomic E-state index is -0.253. The van der Waals surface area contributed by atoms with Gasteiger partial charge in [-0.1, -0.05) is 12.1 Å². The van der Waals surface area contributed by atoms with Gasteiger partial charge in [-0.25, -0.2) is 0 Å². The summed E-state index contributed by atoms with van der Waals surface area (Å²) in [5, 5.41) is 10.5. The molecular formula is C15H11N3O2. The number of carbonyl (C=O) groups is 2. The number of aromatic nitrogens is 2. The number of amides is 1. The van der Waals surface area contributed by atoms with E-state index in [1.807, 2.05) is 12.1 Å². The zero-order chi connectivity index (χ0) is 13.9. The fraction of sp³-hybridized carbons (Fsp3) is 0. The molecule has 1 heterocycles. The van der Waals surface area contributed by atoms with E-state index in [-0.39, 0.29) is 5.91 Å². The van der Waals surface area contributed by atoms with E-state index in [4.69, 9.17) is 0 Å². The highest BCUT2D eigenvalue weighted by Crippen LogP contribution is 2.17. The predicted octanol–water partition coefficient (Wildman–Crippen LogP) is 2.63. The fourth-order valence-corrected chi connectivity index (χ4v) is 1.98. The molecule has 0 aliphatic heterocycles. The Morgan fingerprint density at radius 3 is 2.95 bits per heavy atom. The molecule has 0 unspecified atom stereocenters. The van der Waals surface area contributed by atoms with Crippen LogP contribution < -0.4 is 5.32 Å². The van der Waals surface area contributed by atoms with Crippen molar-refractivity contribution in [3.05, 3.63) is 59.8 Å². The molecule has 1 aromatic heterocycles. The maximum Gasteiger partial charge on any atom is 0.255 e. The lowest BCUT2D eigenvalue weighted by Gasteiger charge is -2.05. The monoisotopic (exact) mass is 265 g/mol. The number of hydrogen-bond acceptors (Lipinski definition) is 3. The lowest BCUT2D eigenvalue weighted by atomic mass is 10.1. The lowest BCUT2D eigenvalue weighted by molar-refractivity contribution is 0.102. The molecule has 0 spiro atoms. The van der Waals surface area contributed by atoms with Crippen molar-refractivity contribution in [1.82, 2.24) is 10.2 Å². The van der Waals surface area contributed by atoms with Gasteiger partial charge in [0.1, 0.15) is 6.29 Å². The van der Waals surface area contributed by atoms with Crippen LogP contribution in [0.5, 0.6) is 0 Å². The van der Waals surface area contributed by atoms with Crippen LogP contribution in [0.4, 0.5) is 5.69 Å². The van der Waals surface area contributed by atoms with Crippen LogP contribution in [0.15, 0.2) is 48.7 Å². The molecule has 98 valence electrons. The largest absolute Gasteiger partial charge is 0.322 e. The average molecular weight is 265 g/mol. The van der Waals surface area contributed by atoms with Crippen molar-refractivity contribution >= 4 is 28.8 Å². The molecule has 2 N–H and O–H groups in total. The van der Waals surface area contributed by atoms with Crippen molar-refractivity contribution < 1.29 is 9.59 Å². The Balaban J connectivity index is 1.85. The fourth-order valence-electron chi connectivity index (χ4n) is 1.98. The molecule has 1 amide bonds. The Morgan fingerprint density at radius 2 is 2.10 bits per heavy atom. The number of nitrogens with zero attached hydrogens (tertiary/aromatic N) is 1. The number of benzene rings is 2. The smallest absolute Gasteiger partial charge is 0.255 e. The van der Waals surface area contributed by atoms with Crippen molar-refractivity contribution in [3.63, 3.8) is 0 Å². The van der Waals surface area contributed by atoms with Crippen LogP contribution >= 0.6 is 0 Å². The van der Waals surface area contributed by atoms with E-state index < -0.39 is 0 Å². The van der Waals surface area contributed by atoms with E-state index in [1.165, 1.54) is 0 Å². The Labute approximate surface area is 114 Å². The van der Waals surface area contributed by atoms with Crippen LogP contribution in [0.3, 0.4) is 0 Å². The van der Waals surface area contributed by atoms with Gasteiger partial charge < -0.3 is 5.32 Å². The van der Waals surface area contributed by atoms with E-state index in [9.17, 15) is 9.59 Å². The summed E-state index contributed by atoms with van der Waals surface area (Å²) in [5.74, 6) is -0.253. The van der Waals surface area contributed by atoms with Gasteiger partial charge in [0, 0.05) is 22.2 Å². The Morgan fingerprint density at radius 1 is 1.20 bits per heavy atom. The molecular weight excluding hydrogens is 254 g/mol. The average Bonchev–Trinajstić information content (AvgIpc) is 2.95. The molecule has 0 saturated carbocycles. The summed E-state index contributed by atoms with van der Waals surface area (Å²) in [6, 6.07) is 12.0. The second-order valence-electron chi connectivity index (χ2n) is 4.37. The molecule has 5 nitrogen and oxygen atoms in total. The van der Waals surface area contributed by atoms with E-state index in [2.05, 4.69) is 15.5 Å². The maximum atomic E-state index is 12.1. The molecule has 0 fully saturated rings. The van der Waals surface area contributed by atoms with Gasteiger partial charge >= 0.3 is 0 Å². The molecule has 0 bridgehead atoms. The second kappa shape index (κ2) is 4.97. The van der Waals surface area contributed by atoms with E-state index in [0.717, 1.165) is 10.9 Å². The standard InChI is InChI=1S/C15H11N3O2/c19-9-10-2-1-3-11(6-10)15(20)17-13-4-5-14-12(7-13)8-16-18-14/h1-9H,(H,16,18)(H,17,20). The zero-order valence-corrected chi connectivity index (χ0v) is 10.5. The maximum absolute atomic E-state index is 12.1. The topological polar surface area (TPSA) is 74.8 Å². The highest BCUT2D eigenvalue weighted by atomic mass is 16.1. The quantitative estimate of drug-likeness (QED) is 0.715. The second-order valence-corrected chi connectivity index (χ2v) is 4.37. The van der Waals surface area contributed by atoms with Gasteiger partial charge in [0.05, 0.1) is 11.7 Å². The number of H-pyrrole nitrogens is 1. The molecule has 3 rings (SSSR count). The first kappa shape index (κ1) is 12.1. The number of fused-ring (bicyclic) bond motifs is 1. The Bertz CT molecular complexity index is 792. The summed E-state index contributed by atoms with van der Waals surface area (Å²) in [4.78, 5) is 22.8. The molecule has 0 saturated heterocycles. The minimum Gasteiger partial charge on any atom is -0.322 e. The van der Waals surface area contributed by atoms with Crippen LogP contribution in [0.2, 0.25) is 0 Å². The molecule has 3 aromatic rings. The predicted molar refractivity (Wildman–Crippen MR) is 75.9 cm³/mol. The zero-order valence-electron chi connectivity index (χ0n) is 10.5. The Hall–Kier alpha value is -2.95. The number of aromatic amines is 1. The van der Waals surface area contributed by atoms with Crippen molar-refractivity contribution in [3.8, 4) is 0 Å². The molecule has 0 atom stereocenters. The molecule has 2 aromatic carbocycles. The van der Waals surface area contributed by atoms with E-state index in [0.29, 0.717) is 23.1 Å². The van der Waals surface area contributed by atoms with Crippen LogP contribution in [-0.2, 0) is 0 Å². The van der Waals surface area contributed by atoms with Crippen LogP contribution in [0.1, 0.15) is 20.7 Å². The number of aldehydes is 1. The highest BCUT2D eigenvalue weighted by molar-refractivity contribution is 6.05. The van der Waals surface area contributed by atoms with Gasteiger partial charge in [0.25, 0.3) is 5.91 Å². The van der Waals surface area contributed by atoms with E-state index >= 15 is 0 Å². The van der Waals surface area contributed by atoms with Gasteiger partial charge in [-0.2, -0.15) is 5.10 Å². The highest BCUT2D eigenvalue weighted by Gasteiger charge is 2.07. The number of hydrogen-bond donors (Lipinski definition) is 2. The number of anilines is 1. The molecule has 0 aliphatic carbocycles. The van der Waals surface area contributed by atoms with E-state index in [1.54, 1.807) is 36.5 Å². The SMILES string of the molecule is O=Cc1cccc(C(=O)Nc2ccc3[nH]ncc3c2)c1. The van der Waals surface area contributed by atoms with Crippen LogP contribution in [0.25, 0.3) is 10.9 Å². The first-order valence-electron chi connectivity index (χ1n) is 6.06. The third-order valence-corrected chi connectivity index (χ3v) is 2.98. The minimum absolute atomic E-state index is 0.253. The number of rotatable bonds is 3. The molecule has 0 aliphatic rings. The molecule has 0 radical (unpaired) electrons. The van der Waals surface area contributed by atoms with Gasteiger partial charge in [-0.3, -0.25) is 14.7 Å². The van der Waals surface area contributed by atoms with Gasteiger partial charge in [-0.15, -0.1) is 0 Å². The number of carbonyl (C=O) groups excluding carboxylic acids is 2. The van der Waals surface area contributed by atoms with Gasteiger partial charge in [0.2, 0.25) is 0 Å². The van der Waals surface area contributed by atoms with Crippen LogP contribution in [-0.4, -0.2) is 22.4 Å². The van der Waals surface area contributed by atoms with Crippen molar-refractivity contribution in [2.75, 3.05) is 5.32 Å².